The normalized spacial score (nSPS) is 14.7. The number of hydrogen-bond donors (Lipinski definition) is 0. The first-order valence-corrected chi connectivity index (χ1v) is 13.1. The Hall–Kier alpha value is -3.79. The Labute approximate surface area is 220 Å². The van der Waals surface area contributed by atoms with E-state index < -0.39 is 6.36 Å². The van der Waals surface area contributed by atoms with E-state index in [9.17, 15) is 18.0 Å². The molecule has 1 aliphatic rings. The average molecular weight is 543 g/mol. The number of methoxy groups -OCH3 is 1. The van der Waals surface area contributed by atoms with Crippen molar-refractivity contribution >= 4 is 28.4 Å². The molecule has 198 valence electrons. The van der Waals surface area contributed by atoms with Gasteiger partial charge in [-0.2, -0.15) is 0 Å². The van der Waals surface area contributed by atoms with E-state index in [1.54, 1.807) is 24.8 Å². The number of thiazole rings is 1. The lowest BCUT2D eigenvalue weighted by Gasteiger charge is -2.25. The third kappa shape index (κ3) is 5.70. The van der Waals surface area contributed by atoms with Gasteiger partial charge in [-0.15, -0.1) is 24.5 Å². The van der Waals surface area contributed by atoms with Crippen LogP contribution < -0.4 is 19.8 Å². The SMILES string of the molecule is COc1cccc(/C=C/c2nc3sccn3c(=O)c2-c2ccc(OC(F)(F)F)cc2)c1OC1CCCCC1. The molecule has 1 aliphatic carbocycles. The van der Waals surface area contributed by atoms with Gasteiger partial charge < -0.3 is 14.2 Å². The Morgan fingerprint density at radius 3 is 2.53 bits per heavy atom. The van der Waals surface area contributed by atoms with E-state index in [-0.39, 0.29) is 23.0 Å². The Balaban J connectivity index is 1.55. The summed E-state index contributed by atoms with van der Waals surface area (Å²) in [7, 11) is 1.59. The van der Waals surface area contributed by atoms with Crippen molar-refractivity contribution in [3.8, 4) is 28.4 Å². The second-order valence-electron chi connectivity index (χ2n) is 8.89. The summed E-state index contributed by atoms with van der Waals surface area (Å²) in [6.45, 7) is 0. The standard InChI is InChI=1S/C28H25F3N2O4S/c1-35-23-9-5-6-19(25(23)36-20-7-3-2-4-8-20)12-15-22-24(26(34)33-16-17-38-27(33)32-22)18-10-13-21(14-11-18)37-28(29,30)31/h5-6,9-17,20H,2-4,7-8H2,1H3/b15-12+. The Kier molecular flexibility index (Phi) is 7.42. The first kappa shape index (κ1) is 25.8. The van der Waals surface area contributed by atoms with Gasteiger partial charge in [-0.05, 0) is 61.6 Å². The average Bonchev–Trinajstić information content (AvgIpc) is 3.38. The highest BCUT2D eigenvalue weighted by Gasteiger charge is 2.31. The van der Waals surface area contributed by atoms with Crippen LogP contribution in [0.3, 0.4) is 0 Å². The molecule has 0 aliphatic heterocycles. The second kappa shape index (κ2) is 10.9. The lowest BCUT2D eigenvalue weighted by molar-refractivity contribution is -0.274. The first-order valence-electron chi connectivity index (χ1n) is 12.2. The number of ether oxygens (including phenoxy) is 3. The molecular formula is C28H25F3N2O4S. The van der Waals surface area contributed by atoms with Gasteiger partial charge in [0.05, 0.1) is 24.5 Å². The Morgan fingerprint density at radius 1 is 1.05 bits per heavy atom. The molecule has 38 heavy (non-hydrogen) atoms. The second-order valence-corrected chi connectivity index (χ2v) is 9.77. The van der Waals surface area contributed by atoms with E-state index in [1.165, 1.54) is 46.4 Å². The van der Waals surface area contributed by atoms with E-state index in [2.05, 4.69) is 9.72 Å². The molecule has 0 bridgehead atoms. The highest BCUT2D eigenvalue weighted by Crippen LogP contribution is 2.36. The summed E-state index contributed by atoms with van der Waals surface area (Å²) < 4.78 is 55.2. The van der Waals surface area contributed by atoms with Crippen LogP contribution in [0.25, 0.3) is 28.2 Å². The molecule has 0 spiro atoms. The number of fused-ring (bicyclic) bond motifs is 1. The lowest BCUT2D eigenvalue weighted by Crippen LogP contribution is -2.20. The number of alkyl halides is 3. The van der Waals surface area contributed by atoms with Crippen molar-refractivity contribution < 1.29 is 27.4 Å². The van der Waals surface area contributed by atoms with Gasteiger partial charge in [0.1, 0.15) is 5.75 Å². The Bertz CT molecular complexity index is 1500. The van der Waals surface area contributed by atoms with Crippen molar-refractivity contribution in [1.29, 1.82) is 0 Å². The highest BCUT2D eigenvalue weighted by molar-refractivity contribution is 7.15. The topological polar surface area (TPSA) is 62.1 Å². The zero-order chi connectivity index (χ0) is 26.7. The molecule has 10 heteroatoms. The quantitative estimate of drug-likeness (QED) is 0.247. The fourth-order valence-electron chi connectivity index (χ4n) is 4.58. The predicted molar refractivity (Wildman–Crippen MR) is 141 cm³/mol. The number of para-hydroxylation sites is 1. The smallest absolute Gasteiger partial charge is 0.493 e. The van der Waals surface area contributed by atoms with Gasteiger partial charge >= 0.3 is 6.36 Å². The molecule has 4 aromatic rings. The third-order valence-corrected chi connectivity index (χ3v) is 7.11. The number of nitrogens with zero attached hydrogens (tertiary/aromatic N) is 2. The molecule has 0 atom stereocenters. The van der Waals surface area contributed by atoms with Crippen LogP contribution >= 0.6 is 11.3 Å². The minimum atomic E-state index is -4.81. The summed E-state index contributed by atoms with van der Waals surface area (Å²) in [5, 5.41) is 1.75. The number of hydrogen-bond acceptors (Lipinski definition) is 6. The largest absolute Gasteiger partial charge is 0.573 e. The number of aromatic nitrogens is 2. The first-order chi connectivity index (χ1) is 18.3. The van der Waals surface area contributed by atoms with Crippen LogP contribution in [0.1, 0.15) is 43.4 Å². The minimum Gasteiger partial charge on any atom is -0.493 e. The molecule has 2 aromatic heterocycles. The number of benzene rings is 2. The van der Waals surface area contributed by atoms with Crippen LogP contribution in [0.2, 0.25) is 0 Å². The van der Waals surface area contributed by atoms with Crippen LogP contribution in [0.15, 0.2) is 58.8 Å². The van der Waals surface area contributed by atoms with Crippen LogP contribution in [0, 0.1) is 0 Å². The maximum absolute atomic E-state index is 13.4. The molecule has 0 radical (unpaired) electrons. The molecule has 0 saturated heterocycles. The number of halogens is 3. The summed E-state index contributed by atoms with van der Waals surface area (Å²) in [6.07, 6.45) is 5.86. The molecule has 2 heterocycles. The fourth-order valence-corrected chi connectivity index (χ4v) is 5.29. The van der Waals surface area contributed by atoms with Crippen LogP contribution in [-0.4, -0.2) is 29.0 Å². The van der Waals surface area contributed by atoms with Gasteiger partial charge in [0.2, 0.25) is 0 Å². The van der Waals surface area contributed by atoms with Crippen molar-refractivity contribution in [2.24, 2.45) is 0 Å². The molecule has 1 saturated carbocycles. The van der Waals surface area contributed by atoms with Crippen LogP contribution in [-0.2, 0) is 0 Å². The van der Waals surface area contributed by atoms with E-state index >= 15 is 0 Å². The van der Waals surface area contributed by atoms with Crippen LogP contribution in [0.5, 0.6) is 17.2 Å². The summed E-state index contributed by atoms with van der Waals surface area (Å²) in [6, 6.07) is 10.8. The van der Waals surface area contributed by atoms with Crippen LogP contribution in [0.4, 0.5) is 13.2 Å². The zero-order valence-electron chi connectivity index (χ0n) is 20.5. The van der Waals surface area contributed by atoms with Gasteiger partial charge in [0.25, 0.3) is 5.56 Å². The summed E-state index contributed by atoms with van der Waals surface area (Å²) >= 11 is 1.31. The highest BCUT2D eigenvalue weighted by atomic mass is 32.1. The fraction of sp³-hybridized carbons (Fsp3) is 0.286. The van der Waals surface area contributed by atoms with Gasteiger partial charge in [-0.3, -0.25) is 9.20 Å². The van der Waals surface area contributed by atoms with Crippen molar-refractivity contribution in [3.63, 3.8) is 0 Å². The van der Waals surface area contributed by atoms with E-state index in [4.69, 9.17) is 9.47 Å². The molecule has 0 N–H and O–H groups in total. The van der Waals surface area contributed by atoms with Gasteiger partial charge in [0, 0.05) is 17.1 Å². The number of rotatable bonds is 7. The molecule has 2 aromatic carbocycles. The molecule has 6 nitrogen and oxygen atoms in total. The minimum absolute atomic E-state index is 0.102. The summed E-state index contributed by atoms with van der Waals surface area (Å²) in [4.78, 5) is 18.6. The van der Waals surface area contributed by atoms with Crippen molar-refractivity contribution in [2.45, 2.75) is 44.6 Å². The summed E-state index contributed by atoms with van der Waals surface area (Å²) in [5.41, 5.74) is 1.50. The molecule has 5 rings (SSSR count). The maximum atomic E-state index is 13.4. The van der Waals surface area contributed by atoms with Gasteiger partial charge in [0.15, 0.2) is 16.5 Å². The van der Waals surface area contributed by atoms with Gasteiger partial charge in [-0.25, -0.2) is 4.98 Å². The maximum Gasteiger partial charge on any atom is 0.573 e. The summed E-state index contributed by atoms with van der Waals surface area (Å²) in [5.74, 6) is 0.867. The van der Waals surface area contributed by atoms with Crippen molar-refractivity contribution in [3.05, 3.63) is 75.7 Å². The Morgan fingerprint density at radius 2 is 1.82 bits per heavy atom. The predicted octanol–water partition coefficient (Wildman–Crippen LogP) is 7.21. The monoisotopic (exact) mass is 542 g/mol. The lowest BCUT2D eigenvalue weighted by atomic mass is 9.97. The third-order valence-electron chi connectivity index (χ3n) is 6.36. The van der Waals surface area contributed by atoms with Crippen molar-refractivity contribution in [2.75, 3.05) is 7.11 Å². The molecule has 0 amide bonds. The van der Waals surface area contributed by atoms with Crippen molar-refractivity contribution in [1.82, 2.24) is 9.38 Å². The van der Waals surface area contributed by atoms with E-state index in [0.717, 1.165) is 31.2 Å². The molecule has 0 unspecified atom stereocenters. The van der Waals surface area contributed by atoms with Gasteiger partial charge in [-0.1, -0.05) is 30.7 Å². The zero-order valence-corrected chi connectivity index (χ0v) is 21.3. The molecule has 1 fully saturated rings. The van der Waals surface area contributed by atoms with E-state index in [1.807, 2.05) is 24.3 Å². The van der Waals surface area contributed by atoms with E-state index in [0.29, 0.717) is 27.7 Å². The molecular weight excluding hydrogens is 517 g/mol.